The van der Waals surface area contributed by atoms with Crippen LogP contribution in [0.5, 0.6) is 0 Å². The van der Waals surface area contributed by atoms with Crippen molar-refractivity contribution >= 4 is 0 Å². The van der Waals surface area contributed by atoms with Crippen molar-refractivity contribution in [2.75, 3.05) is 27.4 Å². The second-order valence-corrected chi connectivity index (χ2v) is 3.37. The van der Waals surface area contributed by atoms with Gasteiger partial charge in [0.15, 0.2) is 0 Å². The first-order valence-electron chi connectivity index (χ1n) is 4.64. The van der Waals surface area contributed by atoms with Crippen LogP contribution in [0, 0.1) is 5.82 Å². The number of ether oxygens (including phenoxy) is 1. The molecule has 0 spiro atoms. The Morgan fingerprint density at radius 3 is 2.50 bits per heavy atom. The fourth-order valence-corrected chi connectivity index (χ4v) is 1.26. The van der Waals surface area contributed by atoms with E-state index in [1.165, 1.54) is 12.1 Å². The summed E-state index contributed by atoms with van der Waals surface area (Å²) in [6.45, 7) is 1.54. The van der Waals surface area contributed by atoms with Gasteiger partial charge in [0.1, 0.15) is 5.82 Å². The van der Waals surface area contributed by atoms with Crippen LogP contribution < -0.4 is 0 Å². The van der Waals surface area contributed by atoms with Gasteiger partial charge >= 0.3 is 0 Å². The molecule has 0 aliphatic carbocycles. The molecule has 0 aromatic heterocycles. The Bertz CT molecular complexity index is 260. The Hall–Kier alpha value is -0.930. The van der Waals surface area contributed by atoms with Gasteiger partial charge in [0.2, 0.25) is 0 Å². The predicted molar refractivity (Wildman–Crippen MR) is 54.6 cm³/mol. The molecule has 0 saturated heterocycles. The topological polar surface area (TPSA) is 12.5 Å². The quantitative estimate of drug-likeness (QED) is 0.668. The zero-order chi connectivity index (χ0) is 10.4. The monoisotopic (exact) mass is 197 g/mol. The molecule has 0 aliphatic rings. The highest BCUT2D eigenvalue weighted by Crippen LogP contribution is 2.03. The Balaban J connectivity index is 2.34. The summed E-state index contributed by atoms with van der Waals surface area (Å²) in [5, 5.41) is 0. The van der Waals surface area contributed by atoms with Crippen molar-refractivity contribution < 1.29 is 9.13 Å². The molecule has 0 unspecified atom stereocenters. The molecule has 1 aromatic carbocycles. The highest BCUT2D eigenvalue weighted by Gasteiger charge is 1.98. The molecule has 14 heavy (non-hydrogen) atoms. The Morgan fingerprint density at radius 2 is 1.93 bits per heavy atom. The number of methoxy groups -OCH3 is 1. The molecule has 0 amide bonds. The minimum Gasteiger partial charge on any atom is -0.369 e. The summed E-state index contributed by atoms with van der Waals surface area (Å²) in [4.78, 5) is 2.07. The largest absolute Gasteiger partial charge is 0.369 e. The van der Waals surface area contributed by atoms with Crippen LogP contribution in [0.3, 0.4) is 0 Å². The zero-order valence-corrected chi connectivity index (χ0v) is 8.66. The molecule has 0 saturated carbocycles. The third-order valence-corrected chi connectivity index (χ3v) is 2.04. The van der Waals surface area contributed by atoms with Gasteiger partial charge in [0, 0.05) is 13.7 Å². The summed E-state index contributed by atoms with van der Waals surface area (Å²) in [6.07, 6.45) is 0.917. The van der Waals surface area contributed by atoms with E-state index in [1.807, 2.05) is 19.2 Å². The number of halogens is 1. The molecule has 0 fully saturated rings. The smallest absolute Gasteiger partial charge is 0.123 e. The molecular weight excluding hydrogens is 181 g/mol. The van der Waals surface area contributed by atoms with E-state index in [1.54, 1.807) is 7.11 Å². The third kappa shape index (κ3) is 3.85. The van der Waals surface area contributed by atoms with E-state index < -0.39 is 0 Å². The van der Waals surface area contributed by atoms with Crippen molar-refractivity contribution in [2.45, 2.75) is 6.42 Å². The number of nitrogens with zero attached hydrogens (tertiary/aromatic N) is 1. The molecule has 0 bridgehead atoms. The van der Waals surface area contributed by atoms with Crippen LogP contribution in [0.25, 0.3) is 0 Å². The number of likely N-dealkylation sites (N-methyl/N-ethyl adjacent to an activating group) is 1. The summed E-state index contributed by atoms with van der Waals surface area (Å²) in [5.41, 5.74) is 1.15. The molecule has 3 heteroatoms. The van der Waals surface area contributed by atoms with Crippen molar-refractivity contribution in [1.29, 1.82) is 0 Å². The van der Waals surface area contributed by atoms with Gasteiger partial charge in [-0.05, 0) is 31.2 Å². The van der Waals surface area contributed by atoms with Crippen LogP contribution in [-0.2, 0) is 11.2 Å². The van der Waals surface area contributed by atoms with Crippen molar-refractivity contribution in [1.82, 2.24) is 4.90 Å². The number of hydrogen-bond donors (Lipinski definition) is 0. The molecule has 1 rings (SSSR count). The maximum atomic E-state index is 12.6. The van der Waals surface area contributed by atoms with Crippen molar-refractivity contribution in [2.24, 2.45) is 0 Å². The van der Waals surface area contributed by atoms with Gasteiger partial charge in [-0.25, -0.2) is 4.39 Å². The van der Waals surface area contributed by atoms with E-state index >= 15 is 0 Å². The molecule has 0 aliphatic heterocycles. The van der Waals surface area contributed by atoms with Gasteiger partial charge in [-0.3, -0.25) is 4.90 Å². The van der Waals surface area contributed by atoms with Gasteiger partial charge in [0.25, 0.3) is 0 Å². The summed E-state index contributed by atoms with van der Waals surface area (Å²) < 4.78 is 17.6. The van der Waals surface area contributed by atoms with E-state index in [9.17, 15) is 4.39 Å². The number of benzene rings is 1. The Kier molecular flexibility index (Phi) is 4.56. The minimum absolute atomic E-state index is 0.181. The second kappa shape index (κ2) is 5.73. The second-order valence-electron chi connectivity index (χ2n) is 3.37. The third-order valence-electron chi connectivity index (χ3n) is 2.04. The van der Waals surface area contributed by atoms with Crippen molar-refractivity contribution in [3.05, 3.63) is 35.6 Å². The first-order chi connectivity index (χ1) is 6.72. The standard InChI is InChI=1S/C11H16FNO/c1-13(9-14-2)8-7-10-3-5-11(12)6-4-10/h3-6H,7-9H2,1-2H3. The predicted octanol–water partition coefficient (Wildman–Crippen LogP) is 1.90. The van der Waals surface area contributed by atoms with Crippen LogP contribution in [0.4, 0.5) is 4.39 Å². The SMILES string of the molecule is COCN(C)CCc1ccc(F)cc1. The molecule has 0 atom stereocenters. The summed E-state index contributed by atoms with van der Waals surface area (Å²) in [5.74, 6) is -0.181. The van der Waals surface area contributed by atoms with Crippen LogP contribution >= 0.6 is 0 Å². The number of rotatable bonds is 5. The molecule has 0 heterocycles. The first kappa shape index (κ1) is 11.1. The van der Waals surface area contributed by atoms with E-state index in [-0.39, 0.29) is 5.82 Å². The lowest BCUT2D eigenvalue weighted by Crippen LogP contribution is -2.23. The van der Waals surface area contributed by atoms with E-state index in [2.05, 4.69) is 4.90 Å². The summed E-state index contributed by atoms with van der Waals surface area (Å²) in [6, 6.07) is 6.61. The molecule has 0 N–H and O–H groups in total. The van der Waals surface area contributed by atoms with Gasteiger partial charge in [-0.2, -0.15) is 0 Å². The average molecular weight is 197 g/mol. The Morgan fingerprint density at radius 1 is 1.29 bits per heavy atom. The molecule has 1 aromatic rings. The van der Waals surface area contributed by atoms with Crippen molar-refractivity contribution in [3.8, 4) is 0 Å². The molecular formula is C11H16FNO. The maximum Gasteiger partial charge on any atom is 0.123 e. The lowest BCUT2D eigenvalue weighted by molar-refractivity contribution is 0.0827. The summed E-state index contributed by atoms with van der Waals surface area (Å²) in [7, 11) is 3.67. The summed E-state index contributed by atoms with van der Waals surface area (Å²) >= 11 is 0. The van der Waals surface area contributed by atoms with Crippen molar-refractivity contribution in [3.63, 3.8) is 0 Å². The fraction of sp³-hybridized carbons (Fsp3) is 0.455. The molecule has 2 nitrogen and oxygen atoms in total. The van der Waals surface area contributed by atoms with E-state index in [0.29, 0.717) is 6.73 Å². The molecule has 78 valence electrons. The first-order valence-corrected chi connectivity index (χ1v) is 4.64. The zero-order valence-electron chi connectivity index (χ0n) is 8.66. The lowest BCUT2D eigenvalue weighted by Gasteiger charge is -2.14. The van der Waals surface area contributed by atoms with E-state index in [0.717, 1.165) is 18.5 Å². The average Bonchev–Trinajstić information content (AvgIpc) is 2.17. The lowest BCUT2D eigenvalue weighted by atomic mass is 10.1. The Labute approximate surface area is 84.3 Å². The molecule has 0 radical (unpaired) electrons. The highest BCUT2D eigenvalue weighted by atomic mass is 19.1. The minimum atomic E-state index is -0.181. The van der Waals surface area contributed by atoms with E-state index in [4.69, 9.17) is 4.74 Å². The fourth-order valence-electron chi connectivity index (χ4n) is 1.26. The van der Waals surface area contributed by atoms with Crippen LogP contribution in [-0.4, -0.2) is 32.3 Å². The number of hydrogen-bond acceptors (Lipinski definition) is 2. The van der Waals surface area contributed by atoms with Crippen LogP contribution in [0.2, 0.25) is 0 Å². The van der Waals surface area contributed by atoms with Gasteiger partial charge in [0.05, 0.1) is 6.73 Å². The maximum absolute atomic E-state index is 12.6. The van der Waals surface area contributed by atoms with Gasteiger partial charge in [-0.1, -0.05) is 12.1 Å². The van der Waals surface area contributed by atoms with Crippen LogP contribution in [0.15, 0.2) is 24.3 Å². The highest BCUT2D eigenvalue weighted by molar-refractivity contribution is 5.16. The normalized spacial score (nSPS) is 10.9. The van der Waals surface area contributed by atoms with Gasteiger partial charge in [-0.15, -0.1) is 0 Å². The van der Waals surface area contributed by atoms with Crippen LogP contribution in [0.1, 0.15) is 5.56 Å². The van der Waals surface area contributed by atoms with Gasteiger partial charge < -0.3 is 4.74 Å².